The summed E-state index contributed by atoms with van der Waals surface area (Å²) in [6, 6.07) is 3.39. The molecule has 0 radical (unpaired) electrons. The average molecular weight is 243 g/mol. The minimum Gasteiger partial charge on any atom is -0.409 e. The third-order valence-corrected chi connectivity index (χ3v) is 2.25. The first-order valence-corrected chi connectivity index (χ1v) is 5.11. The molecule has 0 heterocycles. The zero-order valence-corrected chi connectivity index (χ0v) is 9.53. The Labute approximate surface area is 98.3 Å². The van der Waals surface area contributed by atoms with Crippen molar-refractivity contribution in [1.29, 1.82) is 0 Å². The van der Waals surface area contributed by atoms with E-state index in [1.165, 1.54) is 12.1 Å². The van der Waals surface area contributed by atoms with E-state index in [-0.39, 0.29) is 5.84 Å². The number of nitrogens with zero attached hydrogens (tertiary/aromatic N) is 2. The van der Waals surface area contributed by atoms with Crippen LogP contribution in [0.3, 0.4) is 0 Å². The van der Waals surface area contributed by atoms with Gasteiger partial charge in [-0.15, -0.1) is 0 Å². The Morgan fingerprint density at radius 2 is 1.94 bits per heavy atom. The third kappa shape index (κ3) is 4.78. The molecule has 0 saturated carbocycles. The third-order valence-electron chi connectivity index (χ3n) is 2.25. The highest BCUT2D eigenvalue weighted by Crippen LogP contribution is 2.09. The second-order valence-electron chi connectivity index (χ2n) is 3.86. The maximum atomic E-state index is 12.9. The standard InChI is InChI=1S/C11H15F2N3O/c1-16(3-2-11(14)15-17)7-8-4-9(12)6-10(13)5-8/h4-6,17H,2-3,7H2,1H3,(H2,14,15). The van der Waals surface area contributed by atoms with E-state index in [1.54, 1.807) is 7.05 Å². The molecule has 0 aromatic heterocycles. The molecule has 0 aliphatic carbocycles. The summed E-state index contributed by atoms with van der Waals surface area (Å²) in [5.74, 6) is -1.06. The van der Waals surface area contributed by atoms with E-state index >= 15 is 0 Å². The van der Waals surface area contributed by atoms with Crippen LogP contribution in [0, 0.1) is 11.6 Å². The van der Waals surface area contributed by atoms with Gasteiger partial charge in [0.2, 0.25) is 0 Å². The van der Waals surface area contributed by atoms with Gasteiger partial charge in [-0.25, -0.2) is 8.78 Å². The summed E-state index contributed by atoms with van der Waals surface area (Å²) in [5, 5.41) is 11.2. The van der Waals surface area contributed by atoms with Gasteiger partial charge in [0, 0.05) is 25.6 Å². The molecular formula is C11H15F2N3O. The van der Waals surface area contributed by atoms with Gasteiger partial charge in [-0.05, 0) is 24.7 Å². The molecule has 94 valence electrons. The van der Waals surface area contributed by atoms with Gasteiger partial charge in [0.05, 0.1) is 0 Å². The minimum atomic E-state index is -0.593. The molecule has 0 atom stereocenters. The first-order valence-electron chi connectivity index (χ1n) is 5.11. The molecule has 0 saturated heterocycles. The van der Waals surface area contributed by atoms with Gasteiger partial charge in [-0.3, -0.25) is 0 Å². The fraction of sp³-hybridized carbons (Fsp3) is 0.364. The summed E-state index contributed by atoms with van der Waals surface area (Å²) in [5.41, 5.74) is 5.86. The summed E-state index contributed by atoms with van der Waals surface area (Å²) in [6.07, 6.45) is 0.394. The Morgan fingerprint density at radius 3 is 2.47 bits per heavy atom. The van der Waals surface area contributed by atoms with Gasteiger partial charge in [0.15, 0.2) is 0 Å². The van der Waals surface area contributed by atoms with Crippen molar-refractivity contribution < 1.29 is 14.0 Å². The van der Waals surface area contributed by atoms with Crippen molar-refractivity contribution in [3.63, 3.8) is 0 Å². The lowest BCUT2D eigenvalue weighted by molar-refractivity contribution is 0.309. The number of rotatable bonds is 5. The van der Waals surface area contributed by atoms with Crippen LogP contribution in [-0.2, 0) is 6.54 Å². The first kappa shape index (κ1) is 13.4. The van der Waals surface area contributed by atoms with Crippen molar-refractivity contribution in [2.45, 2.75) is 13.0 Å². The second-order valence-corrected chi connectivity index (χ2v) is 3.86. The second kappa shape index (κ2) is 6.15. The van der Waals surface area contributed by atoms with Crippen LogP contribution in [0.1, 0.15) is 12.0 Å². The van der Waals surface area contributed by atoms with E-state index in [9.17, 15) is 8.78 Å². The molecule has 3 N–H and O–H groups in total. The molecule has 4 nitrogen and oxygen atoms in total. The fourth-order valence-electron chi connectivity index (χ4n) is 1.45. The predicted molar refractivity (Wildman–Crippen MR) is 60.7 cm³/mol. The normalized spacial score (nSPS) is 12.1. The van der Waals surface area contributed by atoms with Crippen LogP contribution in [-0.4, -0.2) is 29.5 Å². The lowest BCUT2D eigenvalue weighted by atomic mass is 10.2. The van der Waals surface area contributed by atoms with E-state index in [0.29, 0.717) is 25.1 Å². The topological polar surface area (TPSA) is 61.8 Å². The van der Waals surface area contributed by atoms with E-state index < -0.39 is 11.6 Å². The number of benzene rings is 1. The summed E-state index contributed by atoms with van der Waals surface area (Å²) in [7, 11) is 1.79. The largest absolute Gasteiger partial charge is 0.409 e. The Bertz CT molecular complexity index is 389. The van der Waals surface area contributed by atoms with Crippen LogP contribution in [0.15, 0.2) is 23.4 Å². The summed E-state index contributed by atoms with van der Waals surface area (Å²) < 4.78 is 25.8. The Kier molecular flexibility index (Phi) is 4.84. The number of amidine groups is 1. The molecule has 1 aromatic rings. The molecule has 1 aromatic carbocycles. The van der Waals surface area contributed by atoms with Crippen LogP contribution < -0.4 is 5.73 Å². The van der Waals surface area contributed by atoms with Crippen molar-refractivity contribution in [3.05, 3.63) is 35.4 Å². The van der Waals surface area contributed by atoms with E-state index in [0.717, 1.165) is 6.07 Å². The highest BCUT2D eigenvalue weighted by molar-refractivity contribution is 5.79. The number of oxime groups is 1. The molecule has 0 fully saturated rings. The molecule has 0 amide bonds. The Balaban J connectivity index is 2.53. The van der Waals surface area contributed by atoms with Crippen molar-refractivity contribution in [1.82, 2.24) is 4.90 Å². The molecule has 1 rings (SSSR count). The van der Waals surface area contributed by atoms with Crippen LogP contribution >= 0.6 is 0 Å². The quantitative estimate of drug-likeness (QED) is 0.357. The Hall–Kier alpha value is -1.69. The van der Waals surface area contributed by atoms with Gasteiger partial charge >= 0.3 is 0 Å². The maximum Gasteiger partial charge on any atom is 0.140 e. The van der Waals surface area contributed by atoms with Gasteiger partial charge in [0.1, 0.15) is 17.5 Å². The highest BCUT2D eigenvalue weighted by Gasteiger charge is 2.05. The van der Waals surface area contributed by atoms with Crippen molar-refractivity contribution >= 4 is 5.84 Å². The first-order chi connectivity index (χ1) is 8.01. The molecule has 0 aliphatic rings. The van der Waals surface area contributed by atoms with Crippen molar-refractivity contribution in [3.8, 4) is 0 Å². The summed E-state index contributed by atoms with van der Waals surface area (Å²) in [4.78, 5) is 1.83. The zero-order chi connectivity index (χ0) is 12.8. The average Bonchev–Trinajstić information content (AvgIpc) is 2.24. The smallest absolute Gasteiger partial charge is 0.140 e. The predicted octanol–water partition coefficient (Wildman–Crippen LogP) is 1.53. The summed E-state index contributed by atoms with van der Waals surface area (Å²) in [6.45, 7) is 0.932. The van der Waals surface area contributed by atoms with E-state index in [2.05, 4.69) is 5.16 Å². The maximum absolute atomic E-state index is 12.9. The van der Waals surface area contributed by atoms with Crippen LogP contribution in [0.4, 0.5) is 8.78 Å². The van der Waals surface area contributed by atoms with Gasteiger partial charge in [-0.2, -0.15) is 0 Å². The van der Waals surface area contributed by atoms with Crippen molar-refractivity contribution in [2.24, 2.45) is 10.9 Å². The minimum absolute atomic E-state index is 0.127. The molecule has 0 unspecified atom stereocenters. The van der Waals surface area contributed by atoms with E-state index in [1.807, 2.05) is 4.90 Å². The molecule has 0 spiro atoms. The van der Waals surface area contributed by atoms with Gasteiger partial charge < -0.3 is 15.8 Å². The highest BCUT2D eigenvalue weighted by atomic mass is 19.1. The molecule has 6 heteroatoms. The SMILES string of the molecule is CN(CC/C(N)=N/O)Cc1cc(F)cc(F)c1. The number of nitrogens with two attached hydrogens (primary N) is 1. The summed E-state index contributed by atoms with van der Waals surface area (Å²) >= 11 is 0. The monoisotopic (exact) mass is 243 g/mol. The van der Waals surface area contributed by atoms with Crippen molar-refractivity contribution in [2.75, 3.05) is 13.6 Å². The molecule has 0 bridgehead atoms. The van der Waals surface area contributed by atoms with Crippen LogP contribution in [0.2, 0.25) is 0 Å². The lowest BCUT2D eigenvalue weighted by Crippen LogP contribution is -2.24. The van der Waals surface area contributed by atoms with E-state index in [4.69, 9.17) is 10.9 Å². The van der Waals surface area contributed by atoms with Crippen LogP contribution in [0.25, 0.3) is 0 Å². The fourth-order valence-corrected chi connectivity index (χ4v) is 1.45. The van der Waals surface area contributed by atoms with Gasteiger partial charge in [0.25, 0.3) is 0 Å². The lowest BCUT2D eigenvalue weighted by Gasteiger charge is -2.16. The number of hydrogen-bond acceptors (Lipinski definition) is 3. The van der Waals surface area contributed by atoms with Crippen LogP contribution in [0.5, 0.6) is 0 Å². The molecule has 17 heavy (non-hydrogen) atoms. The molecule has 0 aliphatic heterocycles. The Morgan fingerprint density at radius 1 is 1.35 bits per heavy atom. The molecular weight excluding hydrogens is 228 g/mol. The zero-order valence-electron chi connectivity index (χ0n) is 9.53. The van der Waals surface area contributed by atoms with Gasteiger partial charge in [-0.1, -0.05) is 5.16 Å². The number of halogens is 2. The number of hydrogen-bond donors (Lipinski definition) is 2.